The van der Waals surface area contributed by atoms with E-state index in [0.29, 0.717) is 40.5 Å². The summed E-state index contributed by atoms with van der Waals surface area (Å²) in [6, 6.07) is 7.10. The zero-order valence-corrected chi connectivity index (χ0v) is 19.0. The fourth-order valence-electron chi connectivity index (χ4n) is 3.64. The molecule has 0 unspecified atom stereocenters. The first kappa shape index (κ1) is 23.1. The van der Waals surface area contributed by atoms with Gasteiger partial charge in [-0.15, -0.1) is 0 Å². The first-order valence-corrected chi connectivity index (χ1v) is 10.4. The van der Waals surface area contributed by atoms with Crippen molar-refractivity contribution in [1.82, 2.24) is 0 Å². The van der Waals surface area contributed by atoms with E-state index in [-0.39, 0.29) is 24.9 Å². The first-order valence-electron chi connectivity index (χ1n) is 10.4. The van der Waals surface area contributed by atoms with Crippen LogP contribution in [0.25, 0.3) is 6.08 Å². The molecule has 3 rings (SSSR count). The van der Waals surface area contributed by atoms with E-state index in [1.54, 1.807) is 37.3 Å². The minimum Gasteiger partial charge on any atom is -0.488 e. The molecule has 168 valence electrons. The molecule has 1 aliphatic rings. The number of hydrogen-bond acceptors (Lipinski definition) is 6. The van der Waals surface area contributed by atoms with Crippen LogP contribution in [0.2, 0.25) is 0 Å². The van der Waals surface area contributed by atoms with Gasteiger partial charge in [-0.25, -0.2) is 0 Å². The Morgan fingerprint density at radius 1 is 1.06 bits per heavy atom. The van der Waals surface area contributed by atoms with Gasteiger partial charge in [0.1, 0.15) is 18.1 Å². The number of amides is 1. The van der Waals surface area contributed by atoms with Crippen LogP contribution >= 0.6 is 0 Å². The lowest BCUT2D eigenvalue weighted by Gasteiger charge is -2.24. The molecule has 1 amide bonds. The number of esters is 2. The highest BCUT2D eigenvalue weighted by Crippen LogP contribution is 2.41. The normalized spacial score (nSPS) is 12.2. The largest absolute Gasteiger partial charge is 0.488 e. The molecule has 1 heterocycles. The second kappa shape index (κ2) is 9.68. The lowest BCUT2D eigenvalue weighted by atomic mass is 9.94. The Morgan fingerprint density at radius 2 is 1.78 bits per heavy atom. The predicted octanol–water partition coefficient (Wildman–Crippen LogP) is 4.06. The van der Waals surface area contributed by atoms with Crippen molar-refractivity contribution in [3.05, 3.63) is 57.7 Å². The monoisotopic (exact) mass is 437 g/mol. The quantitative estimate of drug-likeness (QED) is 0.541. The number of nitrogens with one attached hydrogen (secondary N) is 1. The highest BCUT2D eigenvalue weighted by molar-refractivity contribution is 6.08. The molecule has 7 heteroatoms. The van der Waals surface area contributed by atoms with Gasteiger partial charge in [0, 0.05) is 23.7 Å². The van der Waals surface area contributed by atoms with Crippen molar-refractivity contribution in [2.45, 2.75) is 41.0 Å². The Morgan fingerprint density at radius 3 is 2.47 bits per heavy atom. The second-order valence-electron chi connectivity index (χ2n) is 7.59. The van der Waals surface area contributed by atoms with Gasteiger partial charge in [0.25, 0.3) is 5.91 Å². The van der Waals surface area contributed by atoms with Crippen LogP contribution in [0.1, 0.15) is 41.7 Å². The van der Waals surface area contributed by atoms with Gasteiger partial charge in [0.15, 0.2) is 0 Å². The first-order chi connectivity index (χ1) is 15.2. The van der Waals surface area contributed by atoms with Gasteiger partial charge in [-0.2, -0.15) is 0 Å². The van der Waals surface area contributed by atoms with E-state index in [1.807, 2.05) is 20.8 Å². The van der Waals surface area contributed by atoms with Crippen LogP contribution in [0.15, 0.2) is 29.8 Å². The number of fused-ring (bicyclic) bond motifs is 1. The van der Waals surface area contributed by atoms with Gasteiger partial charge in [-0.05, 0) is 56.5 Å². The summed E-state index contributed by atoms with van der Waals surface area (Å²) in [6.07, 6.45) is 1.82. The van der Waals surface area contributed by atoms with Gasteiger partial charge in [-0.1, -0.05) is 18.2 Å². The molecular weight excluding hydrogens is 410 g/mol. The predicted molar refractivity (Wildman–Crippen MR) is 121 cm³/mol. The third-order valence-electron chi connectivity index (χ3n) is 5.37. The minimum atomic E-state index is -0.410. The van der Waals surface area contributed by atoms with Crippen molar-refractivity contribution in [3.63, 3.8) is 0 Å². The van der Waals surface area contributed by atoms with Crippen molar-refractivity contribution in [3.8, 4) is 11.5 Å². The zero-order valence-electron chi connectivity index (χ0n) is 19.0. The second-order valence-corrected chi connectivity index (χ2v) is 7.59. The smallest absolute Gasteiger partial charge is 0.310 e. The van der Waals surface area contributed by atoms with Crippen molar-refractivity contribution < 1.29 is 28.6 Å². The van der Waals surface area contributed by atoms with Crippen LogP contribution in [0.4, 0.5) is 5.69 Å². The Hall–Kier alpha value is -3.61. The summed E-state index contributed by atoms with van der Waals surface area (Å²) in [6.45, 7) is 9.10. The minimum absolute atomic E-state index is 0.0615. The van der Waals surface area contributed by atoms with Crippen molar-refractivity contribution in [2.24, 2.45) is 0 Å². The molecule has 7 nitrogen and oxygen atoms in total. The molecule has 2 aromatic rings. The summed E-state index contributed by atoms with van der Waals surface area (Å²) < 4.78 is 16.4. The van der Waals surface area contributed by atoms with Crippen LogP contribution < -0.4 is 14.8 Å². The average Bonchev–Trinajstić information content (AvgIpc) is 2.76. The van der Waals surface area contributed by atoms with Crippen molar-refractivity contribution in [2.75, 3.05) is 18.5 Å². The van der Waals surface area contributed by atoms with Crippen LogP contribution in [0, 0.1) is 20.8 Å². The summed E-state index contributed by atoms with van der Waals surface area (Å²) in [5.74, 6) is 0.0547. The van der Waals surface area contributed by atoms with E-state index in [4.69, 9.17) is 14.2 Å². The fourth-order valence-corrected chi connectivity index (χ4v) is 3.64. The number of hydrogen-bond donors (Lipinski definition) is 1. The molecule has 0 fully saturated rings. The summed E-state index contributed by atoms with van der Waals surface area (Å²) in [5.41, 5.74) is 4.74. The SMILES string of the molecule is CCOC(=O)Cc1ccccc1NC(=O)C1=Cc2c(C)c(OC(C)=O)c(C)c(C)c2OC1. The van der Waals surface area contributed by atoms with E-state index in [2.05, 4.69) is 5.32 Å². The Labute approximate surface area is 187 Å². The van der Waals surface area contributed by atoms with Crippen molar-refractivity contribution >= 4 is 29.6 Å². The topological polar surface area (TPSA) is 90.9 Å². The highest BCUT2D eigenvalue weighted by Gasteiger charge is 2.25. The molecule has 0 aromatic heterocycles. The average molecular weight is 437 g/mol. The molecule has 32 heavy (non-hydrogen) atoms. The Bertz CT molecular complexity index is 1120. The maximum absolute atomic E-state index is 13.0. The van der Waals surface area contributed by atoms with Crippen LogP contribution in [-0.2, 0) is 25.5 Å². The van der Waals surface area contributed by atoms with Gasteiger partial charge in [0.05, 0.1) is 18.6 Å². The van der Waals surface area contributed by atoms with E-state index < -0.39 is 5.97 Å². The van der Waals surface area contributed by atoms with Crippen LogP contribution in [0.3, 0.4) is 0 Å². The third kappa shape index (κ3) is 4.82. The number of carbonyl (C=O) groups is 3. The number of benzene rings is 2. The number of ether oxygens (including phenoxy) is 3. The summed E-state index contributed by atoms with van der Waals surface area (Å²) in [4.78, 5) is 36.5. The fraction of sp³-hybridized carbons (Fsp3) is 0.320. The maximum atomic E-state index is 13.0. The molecule has 1 N–H and O–H groups in total. The number of rotatable bonds is 6. The molecule has 1 aliphatic heterocycles. The number of anilines is 1. The lowest BCUT2D eigenvalue weighted by Crippen LogP contribution is -2.23. The lowest BCUT2D eigenvalue weighted by molar-refractivity contribution is -0.142. The Kier molecular flexibility index (Phi) is 6.98. The number of para-hydroxylation sites is 1. The van der Waals surface area contributed by atoms with Crippen molar-refractivity contribution in [1.29, 1.82) is 0 Å². The highest BCUT2D eigenvalue weighted by atomic mass is 16.5. The summed E-state index contributed by atoms with van der Waals surface area (Å²) in [7, 11) is 0. The van der Waals surface area contributed by atoms with Gasteiger partial charge in [-0.3, -0.25) is 14.4 Å². The molecule has 0 saturated heterocycles. The zero-order chi connectivity index (χ0) is 23.4. The molecule has 0 saturated carbocycles. The number of carbonyl (C=O) groups excluding carboxylic acids is 3. The summed E-state index contributed by atoms with van der Waals surface area (Å²) >= 11 is 0. The van der Waals surface area contributed by atoms with Crippen LogP contribution in [0.5, 0.6) is 11.5 Å². The Balaban J connectivity index is 1.91. The molecular formula is C25H27NO6. The molecule has 0 aliphatic carbocycles. The van der Waals surface area contributed by atoms with Crippen LogP contribution in [-0.4, -0.2) is 31.1 Å². The molecule has 0 atom stereocenters. The molecule has 0 radical (unpaired) electrons. The maximum Gasteiger partial charge on any atom is 0.310 e. The van der Waals surface area contributed by atoms with E-state index >= 15 is 0 Å². The standard InChI is InChI=1S/C25H27NO6/c1-6-30-22(28)12-18-9-7-8-10-21(18)26-25(29)19-11-20-16(4)23(32-17(5)27)14(2)15(3)24(20)31-13-19/h7-11H,6,12-13H2,1-5H3,(H,26,29). The molecule has 0 spiro atoms. The third-order valence-corrected chi connectivity index (χ3v) is 5.37. The molecule has 2 aromatic carbocycles. The summed E-state index contributed by atoms with van der Waals surface area (Å²) in [5, 5.41) is 2.87. The van der Waals surface area contributed by atoms with Gasteiger partial charge >= 0.3 is 11.9 Å². The van der Waals surface area contributed by atoms with Gasteiger partial charge < -0.3 is 19.5 Å². The molecule has 0 bridgehead atoms. The van der Waals surface area contributed by atoms with E-state index in [9.17, 15) is 14.4 Å². The van der Waals surface area contributed by atoms with E-state index in [1.165, 1.54) is 6.92 Å². The van der Waals surface area contributed by atoms with E-state index in [0.717, 1.165) is 16.7 Å². The van der Waals surface area contributed by atoms with Gasteiger partial charge in [0.2, 0.25) is 0 Å².